The van der Waals surface area contributed by atoms with Crippen molar-refractivity contribution in [1.82, 2.24) is 29.5 Å². The van der Waals surface area contributed by atoms with E-state index >= 15 is 0 Å². The first-order valence-electron chi connectivity index (χ1n) is 9.18. The highest BCUT2D eigenvalue weighted by atomic mass is 32.1. The van der Waals surface area contributed by atoms with E-state index in [1.807, 2.05) is 10.3 Å². The Balaban J connectivity index is 1.20. The van der Waals surface area contributed by atoms with E-state index in [4.69, 9.17) is 4.74 Å². The van der Waals surface area contributed by atoms with Crippen LogP contribution in [-0.4, -0.2) is 73.8 Å². The maximum absolute atomic E-state index is 12.3. The van der Waals surface area contributed by atoms with Gasteiger partial charge in [0.25, 0.3) is 5.19 Å². The van der Waals surface area contributed by atoms with E-state index in [0.29, 0.717) is 6.04 Å². The van der Waals surface area contributed by atoms with E-state index in [0.717, 1.165) is 57.1 Å². The molecule has 0 atom stereocenters. The zero-order valence-corrected chi connectivity index (χ0v) is 15.6. The Bertz CT molecular complexity index is 676. The Labute approximate surface area is 156 Å². The number of rotatable bonds is 5. The van der Waals surface area contributed by atoms with Gasteiger partial charge in [0, 0.05) is 43.8 Å². The molecule has 140 valence electrons. The Morgan fingerprint density at radius 2 is 2.00 bits per heavy atom. The summed E-state index contributed by atoms with van der Waals surface area (Å²) in [6.07, 6.45) is 9.29. The molecule has 0 aromatic carbocycles. The van der Waals surface area contributed by atoms with Crippen LogP contribution >= 0.6 is 11.3 Å². The summed E-state index contributed by atoms with van der Waals surface area (Å²) in [6.45, 7) is 4.06. The predicted octanol–water partition coefficient (Wildman–Crippen LogP) is 1.27. The monoisotopic (exact) mass is 376 g/mol. The second kappa shape index (κ2) is 8.13. The SMILES string of the molecule is O=C(Cn1cncn1)N1CCC(N2CCC(Oc3nccs3)CC2)CC1. The quantitative estimate of drug-likeness (QED) is 0.782. The lowest BCUT2D eigenvalue weighted by atomic mass is 9.99. The number of ether oxygens (including phenoxy) is 1. The summed E-state index contributed by atoms with van der Waals surface area (Å²) >= 11 is 1.55. The van der Waals surface area contributed by atoms with Crippen molar-refractivity contribution in [2.24, 2.45) is 0 Å². The third-order valence-corrected chi connectivity index (χ3v) is 5.91. The molecule has 0 bridgehead atoms. The van der Waals surface area contributed by atoms with Gasteiger partial charge in [-0.05, 0) is 25.7 Å². The van der Waals surface area contributed by atoms with Crippen LogP contribution in [0.5, 0.6) is 5.19 Å². The lowest BCUT2D eigenvalue weighted by molar-refractivity contribution is -0.133. The van der Waals surface area contributed by atoms with Crippen LogP contribution in [0.25, 0.3) is 0 Å². The van der Waals surface area contributed by atoms with Crippen LogP contribution in [0.4, 0.5) is 0 Å². The van der Waals surface area contributed by atoms with Gasteiger partial charge in [-0.25, -0.2) is 14.6 Å². The van der Waals surface area contributed by atoms with Gasteiger partial charge in [0.05, 0.1) is 0 Å². The van der Waals surface area contributed by atoms with Gasteiger partial charge in [0.15, 0.2) is 0 Å². The number of thiazole rings is 1. The van der Waals surface area contributed by atoms with Crippen molar-refractivity contribution in [3.8, 4) is 5.19 Å². The lowest BCUT2D eigenvalue weighted by Crippen LogP contribution is -2.50. The largest absolute Gasteiger partial charge is 0.467 e. The highest BCUT2D eigenvalue weighted by molar-refractivity contribution is 7.11. The van der Waals surface area contributed by atoms with Gasteiger partial charge < -0.3 is 9.64 Å². The Morgan fingerprint density at radius 1 is 1.19 bits per heavy atom. The van der Waals surface area contributed by atoms with Crippen molar-refractivity contribution in [1.29, 1.82) is 0 Å². The fourth-order valence-electron chi connectivity index (χ4n) is 3.80. The zero-order valence-electron chi connectivity index (χ0n) is 14.7. The molecule has 2 aromatic rings. The number of carbonyl (C=O) groups excluding carboxylic acids is 1. The van der Waals surface area contributed by atoms with Crippen molar-refractivity contribution in [2.75, 3.05) is 26.2 Å². The Kier molecular flexibility index (Phi) is 5.45. The summed E-state index contributed by atoms with van der Waals surface area (Å²) in [6, 6.07) is 0.575. The lowest BCUT2D eigenvalue weighted by Gasteiger charge is -2.41. The van der Waals surface area contributed by atoms with Crippen molar-refractivity contribution in [3.05, 3.63) is 24.2 Å². The summed E-state index contributed by atoms with van der Waals surface area (Å²) in [5, 5.41) is 6.73. The number of carbonyl (C=O) groups is 1. The molecule has 0 radical (unpaired) electrons. The number of nitrogens with zero attached hydrogens (tertiary/aromatic N) is 6. The molecule has 8 nitrogen and oxygen atoms in total. The molecule has 0 saturated carbocycles. The molecule has 4 rings (SSSR count). The molecular weight excluding hydrogens is 352 g/mol. The van der Waals surface area contributed by atoms with Crippen molar-refractivity contribution < 1.29 is 9.53 Å². The zero-order chi connectivity index (χ0) is 17.8. The van der Waals surface area contributed by atoms with E-state index in [2.05, 4.69) is 20.0 Å². The van der Waals surface area contributed by atoms with Crippen LogP contribution in [0.1, 0.15) is 25.7 Å². The maximum atomic E-state index is 12.3. The van der Waals surface area contributed by atoms with Crippen LogP contribution in [0.15, 0.2) is 24.2 Å². The molecule has 2 saturated heterocycles. The third-order valence-electron chi connectivity index (χ3n) is 5.25. The standard InChI is InChI=1S/C17H24N6O2S/c24-16(11-23-13-18-12-20-23)22-6-1-14(2-7-22)21-8-3-15(4-9-21)25-17-19-5-10-26-17/h5,10,12-15H,1-4,6-9,11H2. The number of amides is 1. The first-order chi connectivity index (χ1) is 12.8. The first-order valence-corrected chi connectivity index (χ1v) is 10.1. The smallest absolute Gasteiger partial charge is 0.273 e. The summed E-state index contributed by atoms with van der Waals surface area (Å²) in [7, 11) is 0. The second-order valence-electron chi connectivity index (χ2n) is 6.86. The Hall–Kier alpha value is -2.00. The van der Waals surface area contributed by atoms with Crippen molar-refractivity contribution in [2.45, 2.75) is 44.4 Å². The molecule has 2 fully saturated rings. The molecule has 9 heteroatoms. The molecule has 4 heterocycles. The number of hydrogen-bond donors (Lipinski definition) is 0. The van der Waals surface area contributed by atoms with Gasteiger partial charge in [-0.1, -0.05) is 11.3 Å². The molecule has 2 aromatic heterocycles. The molecule has 0 spiro atoms. The minimum absolute atomic E-state index is 0.129. The van der Waals surface area contributed by atoms with Crippen LogP contribution in [0, 0.1) is 0 Å². The number of aromatic nitrogens is 4. The number of likely N-dealkylation sites (tertiary alicyclic amines) is 2. The summed E-state index contributed by atoms with van der Waals surface area (Å²) in [5.74, 6) is 0.129. The van der Waals surface area contributed by atoms with Gasteiger partial charge in [-0.2, -0.15) is 5.10 Å². The molecule has 0 N–H and O–H groups in total. The third kappa shape index (κ3) is 4.21. The molecule has 0 unspecified atom stereocenters. The van der Waals surface area contributed by atoms with E-state index < -0.39 is 0 Å². The molecule has 2 aliphatic rings. The van der Waals surface area contributed by atoms with Gasteiger partial charge in [0.2, 0.25) is 5.91 Å². The Morgan fingerprint density at radius 3 is 2.65 bits per heavy atom. The van der Waals surface area contributed by atoms with Crippen LogP contribution < -0.4 is 4.74 Å². The summed E-state index contributed by atoms with van der Waals surface area (Å²) < 4.78 is 7.53. The highest BCUT2D eigenvalue weighted by Crippen LogP contribution is 2.24. The molecular formula is C17H24N6O2S. The average molecular weight is 376 g/mol. The minimum Gasteiger partial charge on any atom is -0.467 e. The molecule has 1 amide bonds. The number of piperidine rings is 2. The average Bonchev–Trinajstić information content (AvgIpc) is 3.37. The van der Waals surface area contributed by atoms with E-state index in [1.165, 1.54) is 6.33 Å². The molecule has 0 aliphatic carbocycles. The highest BCUT2D eigenvalue weighted by Gasteiger charge is 2.30. The number of hydrogen-bond acceptors (Lipinski definition) is 7. The summed E-state index contributed by atoms with van der Waals surface area (Å²) in [5.41, 5.74) is 0. The fraction of sp³-hybridized carbons (Fsp3) is 0.647. The summed E-state index contributed by atoms with van der Waals surface area (Å²) in [4.78, 5) is 25.0. The maximum Gasteiger partial charge on any atom is 0.273 e. The van der Waals surface area contributed by atoms with Gasteiger partial charge in [0.1, 0.15) is 25.3 Å². The van der Waals surface area contributed by atoms with Crippen LogP contribution in [-0.2, 0) is 11.3 Å². The van der Waals surface area contributed by atoms with E-state index in [9.17, 15) is 4.79 Å². The molecule has 2 aliphatic heterocycles. The van der Waals surface area contributed by atoms with Crippen molar-refractivity contribution >= 4 is 17.2 Å². The van der Waals surface area contributed by atoms with Gasteiger partial charge >= 0.3 is 0 Å². The first kappa shape index (κ1) is 17.4. The van der Waals surface area contributed by atoms with Gasteiger partial charge in [-0.15, -0.1) is 0 Å². The second-order valence-corrected chi connectivity index (χ2v) is 7.71. The van der Waals surface area contributed by atoms with E-state index in [-0.39, 0.29) is 18.6 Å². The topological polar surface area (TPSA) is 76.4 Å². The van der Waals surface area contributed by atoms with Crippen molar-refractivity contribution in [3.63, 3.8) is 0 Å². The van der Waals surface area contributed by atoms with Crippen LogP contribution in [0.3, 0.4) is 0 Å². The van der Waals surface area contributed by atoms with Crippen LogP contribution in [0.2, 0.25) is 0 Å². The fourth-order valence-corrected chi connectivity index (χ4v) is 4.35. The predicted molar refractivity (Wildman–Crippen MR) is 97.0 cm³/mol. The minimum atomic E-state index is 0.129. The molecule has 26 heavy (non-hydrogen) atoms. The van der Waals surface area contributed by atoms with E-state index in [1.54, 1.807) is 28.5 Å². The van der Waals surface area contributed by atoms with Gasteiger partial charge in [-0.3, -0.25) is 9.69 Å². The normalized spacial score (nSPS) is 20.4.